The Kier molecular flexibility index (Phi) is 6.05. The molecule has 4 heteroatoms. The second kappa shape index (κ2) is 8.65. The number of carbonyl (C=O) groups excluding carboxylic acids is 2. The summed E-state index contributed by atoms with van der Waals surface area (Å²) in [6.07, 6.45) is 5.06. The minimum atomic E-state index is -0.00683. The van der Waals surface area contributed by atoms with Gasteiger partial charge in [0.15, 0.2) is 6.61 Å². The Morgan fingerprint density at radius 2 is 1.69 bits per heavy atom. The molecule has 2 aromatic rings. The van der Waals surface area contributed by atoms with Gasteiger partial charge >= 0.3 is 0 Å². The summed E-state index contributed by atoms with van der Waals surface area (Å²) in [7, 11) is 1.87. The maximum atomic E-state index is 12.4. The van der Waals surface area contributed by atoms with E-state index in [2.05, 4.69) is 24.3 Å². The first kappa shape index (κ1) is 18.2. The van der Waals surface area contributed by atoms with E-state index in [0.29, 0.717) is 17.2 Å². The van der Waals surface area contributed by atoms with E-state index < -0.39 is 0 Å². The Labute approximate surface area is 154 Å². The van der Waals surface area contributed by atoms with Crippen LogP contribution in [0.15, 0.2) is 54.6 Å². The standard InChI is InChI=1S/C22H25NO3/c1-23(22(25)16-26-21-13-7-17(15-24)8-14-21)20-11-9-19(10-12-20)18-5-3-2-4-6-18/h2-8,13-15,19-20H,9-12,16H2,1H3. The van der Waals surface area contributed by atoms with Gasteiger partial charge in [-0.15, -0.1) is 0 Å². The first-order valence-electron chi connectivity index (χ1n) is 9.16. The van der Waals surface area contributed by atoms with Crippen LogP contribution >= 0.6 is 0 Å². The third-order valence-corrected chi connectivity index (χ3v) is 5.29. The van der Waals surface area contributed by atoms with Gasteiger partial charge in [0.05, 0.1) is 0 Å². The fraction of sp³-hybridized carbons (Fsp3) is 0.364. The first-order valence-corrected chi connectivity index (χ1v) is 9.16. The maximum Gasteiger partial charge on any atom is 0.260 e. The third-order valence-electron chi connectivity index (χ3n) is 5.29. The number of benzene rings is 2. The van der Waals surface area contributed by atoms with Gasteiger partial charge < -0.3 is 9.64 Å². The zero-order valence-corrected chi connectivity index (χ0v) is 15.1. The van der Waals surface area contributed by atoms with E-state index >= 15 is 0 Å². The summed E-state index contributed by atoms with van der Waals surface area (Å²) >= 11 is 0. The van der Waals surface area contributed by atoms with Crippen LogP contribution in [0, 0.1) is 0 Å². The highest BCUT2D eigenvalue weighted by molar-refractivity contribution is 5.78. The average molecular weight is 351 g/mol. The molecular weight excluding hydrogens is 326 g/mol. The van der Waals surface area contributed by atoms with Crippen molar-refractivity contribution in [2.75, 3.05) is 13.7 Å². The molecule has 0 radical (unpaired) electrons. The van der Waals surface area contributed by atoms with Gasteiger partial charge in [0, 0.05) is 18.7 Å². The molecule has 4 nitrogen and oxygen atoms in total. The van der Waals surface area contributed by atoms with Crippen LogP contribution in [0.5, 0.6) is 5.75 Å². The molecule has 3 rings (SSSR count). The van der Waals surface area contributed by atoms with E-state index in [0.717, 1.165) is 32.0 Å². The Balaban J connectivity index is 1.47. The van der Waals surface area contributed by atoms with E-state index in [9.17, 15) is 9.59 Å². The molecule has 0 N–H and O–H groups in total. The van der Waals surface area contributed by atoms with Gasteiger partial charge in [-0.3, -0.25) is 9.59 Å². The fourth-order valence-electron chi connectivity index (χ4n) is 3.61. The highest BCUT2D eigenvalue weighted by atomic mass is 16.5. The molecule has 0 spiro atoms. The highest BCUT2D eigenvalue weighted by Gasteiger charge is 2.27. The normalized spacial score (nSPS) is 19.6. The van der Waals surface area contributed by atoms with Crippen molar-refractivity contribution in [3.63, 3.8) is 0 Å². The summed E-state index contributed by atoms with van der Waals surface area (Å²) in [4.78, 5) is 24.9. The van der Waals surface area contributed by atoms with E-state index in [-0.39, 0.29) is 18.6 Å². The van der Waals surface area contributed by atoms with Crippen LogP contribution in [0.1, 0.15) is 47.5 Å². The number of ether oxygens (including phenoxy) is 1. The quantitative estimate of drug-likeness (QED) is 0.737. The highest BCUT2D eigenvalue weighted by Crippen LogP contribution is 2.34. The van der Waals surface area contributed by atoms with Gasteiger partial charge in [0.1, 0.15) is 12.0 Å². The molecule has 1 fully saturated rings. The summed E-state index contributed by atoms with van der Waals surface area (Å²) < 4.78 is 5.56. The summed E-state index contributed by atoms with van der Waals surface area (Å²) in [5.74, 6) is 1.20. The molecule has 26 heavy (non-hydrogen) atoms. The van der Waals surface area contributed by atoms with E-state index in [1.54, 1.807) is 24.3 Å². The molecule has 0 heterocycles. The van der Waals surface area contributed by atoms with Crippen LogP contribution in [0.3, 0.4) is 0 Å². The molecule has 1 aliphatic rings. The molecule has 0 unspecified atom stereocenters. The van der Waals surface area contributed by atoms with Gasteiger partial charge in [0.25, 0.3) is 5.91 Å². The number of nitrogens with zero attached hydrogens (tertiary/aromatic N) is 1. The van der Waals surface area contributed by atoms with Crippen molar-refractivity contribution in [3.8, 4) is 5.75 Å². The number of carbonyl (C=O) groups is 2. The number of aldehydes is 1. The Morgan fingerprint density at radius 3 is 2.31 bits per heavy atom. The molecule has 0 aromatic heterocycles. The largest absolute Gasteiger partial charge is 0.484 e. The molecule has 0 aliphatic heterocycles. The molecular formula is C22H25NO3. The Hall–Kier alpha value is -2.62. The number of hydrogen-bond acceptors (Lipinski definition) is 3. The van der Waals surface area contributed by atoms with E-state index in [1.165, 1.54) is 5.56 Å². The maximum absolute atomic E-state index is 12.4. The number of likely N-dealkylation sites (N-methyl/N-ethyl adjacent to an activating group) is 1. The van der Waals surface area contributed by atoms with Crippen molar-refractivity contribution in [1.29, 1.82) is 0 Å². The van der Waals surface area contributed by atoms with Crippen molar-refractivity contribution in [1.82, 2.24) is 4.90 Å². The van der Waals surface area contributed by atoms with Gasteiger partial charge in [-0.2, -0.15) is 0 Å². The molecule has 0 saturated heterocycles. The minimum Gasteiger partial charge on any atom is -0.484 e. The molecule has 1 saturated carbocycles. The lowest BCUT2D eigenvalue weighted by Gasteiger charge is -2.34. The van der Waals surface area contributed by atoms with Gasteiger partial charge in [-0.05, 0) is 61.4 Å². The van der Waals surface area contributed by atoms with Crippen molar-refractivity contribution in [3.05, 3.63) is 65.7 Å². The number of hydrogen-bond donors (Lipinski definition) is 0. The molecule has 1 aliphatic carbocycles. The van der Waals surface area contributed by atoms with Crippen LogP contribution < -0.4 is 4.74 Å². The van der Waals surface area contributed by atoms with Crippen LogP contribution in [-0.4, -0.2) is 36.8 Å². The first-order chi connectivity index (χ1) is 12.7. The molecule has 0 atom stereocenters. The molecule has 136 valence electrons. The lowest BCUT2D eigenvalue weighted by molar-refractivity contribution is -0.134. The predicted octanol–water partition coefficient (Wildman–Crippen LogP) is 4.06. The zero-order chi connectivity index (χ0) is 18.4. The Morgan fingerprint density at radius 1 is 1.04 bits per heavy atom. The minimum absolute atomic E-state index is 0.00683. The summed E-state index contributed by atoms with van der Waals surface area (Å²) in [6.45, 7) is 0.0234. The van der Waals surface area contributed by atoms with Crippen LogP contribution in [0.4, 0.5) is 0 Å². The Bertz CT molecular complexity index is 719. The molecule has 0 bridgehead atoms. The second-order valence-electron chi connectivity index (χ2n) is 6.90. The van der Waals surface area contributed by atoms with Crippen molar-refractivity contribution in [2.45, 2.75) is 37.6 Å². The average Bonchev–Trinajstić information content (AvgIpc) is 2.72. The second-order valence-corrected chi connectivity index (χ2v) is 6.90. The molecule has 2 aromatic carbocycles. The third kappa shape index (κ3) is 4.51. The van der Waals surface area contributed by atoms with Gasteiger partial charge in [-0.1, -0.05) is 30.3 Å². The SMILES string of the molecule is CN(C(=O)COc1ccc(C=O)cc1)C1CCC(c2ccccc2)CC1. The topological polar surface area (TPSA) is 46.6 Å². The predicted molar refractivity (Wildman–Crippen MR) is 102 cm³/mol. The lowest BCUT2D eigenvalue weighted by Crippen LogP contribution is -2.41. The number of rotatable bonds is 6. The summed E-state index contributed by atoms with van der Waals surface area (Å²) in [6, 6.07) is 17.7. The van der Waals surface area contributed by atoms with Crippen LogP contribution in [0.2, 0.25) is 0 Å². The van der Waals surface area contributed by atoms with E-state index in [1.807, 2.05) is 18.0 Å². The van der Waals surface area contributed by atoms with E-state index in [4.69, 9.17) is 4.74 Å². The van der Waals surface area contributed by atoms with Gasteiger partial charge in [-0.25, -0.2) is 0 Å². The summed E-state index contributed by atoms with van der Waals surface area (Å²) in [5.41, 5.74) is 2.00. The van der Waals surface area contributed by atoms with Crippen molar-refractivity contribution < 1.29 is 14.3 Å². The summed E-state index contributed by atoms with van der Waals surface area (Å²) in [5, 5.41) is 0. The fourth-order valence-corrected chi connectivity index (χ4v) is 3.61. The van der Waals surface area contributed by atoms with Gasteiger partial charge in [0.2, 0.25) is 0 Å². The van der Waals surface area contributed by atoms with Crippen molar-refractivity contribution >= 4 is 12.2 Å². The monoisotopic (exact) mass is 351 g/mol. The lowest BCUT2D eigenvalue weighted by atomic mass is 9.81. The van der Waals surface area contributed by atoms with Crippen molar-refractivity contribution in [2.24, 2.45) is 0 Å². The smallest absolute Gasteiger partial charge is 0.260 e. The zero-order valence-electron chi connectivity index (χ0n) is 15.1. The van der Waals surface area contributed by atoms with Crippen LogP contribution in [0.25, 0.3) is 0 Å². The number of amides is 1. The van der Waals surface area contributed by atoms with Crippen LogP contribution in [-0.2, 0) is 4.79 Å². The molecule has 1 amide bonds.